The van der Waals surface area contributed by atoms with E-state index in [9.17, 15) is 4.79 Å². The Kier molecular flexibility index (Phi) is 11.1. The molecule has 0 aliphatic heterocycles. The standard InChI is InChI=1S/C16H18N2O2.3C2H6/c1-3-17-16(7-8-16)11(2)18-15(19)13-4-5-14-12(10-13)6-9-20-14;3*1-2/h3-6,9-11,17H,1,7-8H2,2H3,(H,18,19);3*1-2H3. The summed E-state index contributed by atoms with van der Waals surface area (Å²) in [7, 11) is 0. The van der Waals surface area contributed by atoms with Crippen molar-refractivity contribution in [3.8, 4) is 0 Å². The molecule has 1 heterocycles. The van der Waals surface area contributed by atoms with Crippen LogP contribution in [-0.2, 0) is 0 Å². The first-order valence-corrected chi connectivity index (χ1v) is 9.81. The summed E-state index contributed by atoms with van der Waals surface area (Å²) in [5.41, 5.74) is 1.43. The molecule has 0 spiro atoms. The van der Waals surface area contributed by atoms with Gasteiger partial charge in [0.25, 0.3) is 5.91 Å². The number of carbonyl (C=O) groups is 1. The lowest BCUT2D eigenvalue weighted by Crippen LogP contribution is -2.48. The maximum absolute atomic E-state index is 12.3. The molecule has 1 aliphatic rings. The second kappa shape index (κ2) is 12.2. The maximum atomic E-state index is 12.3. The first-order valence-electron chi connectivity index (χ1n) is 9.81. The van der Waals surface area contributed by atoms with Gasteiger partial charge in [-0.15, -0.1) is 0 Å². The average Bonchev–Trinajstić information content (AvgIpc) is 3.34. The number of amides is 1. The zero-order chi connectivity index (χ0) is 20.2. The Balaban J connectivity index is 0.000000948. The van der Waals surface area contributed by atoms with Crippen LogP contribution in [-0.4, -0.2) is 17.5 Å². The fraction of sp³-hybridized carbons (Fsp3) is 0.500. The minimum absolute atomic E-state index is 0.0167. The monoisotopic (exact) mass is 360 g/mol. The summed E-state index contributed by atoms with van der Waals surface area (Å²) in [4.78, 5) is 12.3. The Morgan fingerprint density at radius 1 is 1.15 bits per heavy atom. The summed E-state index contributed by atoms with van der Waals surface area (Å²) in [6.07, 6.45) is 5.44. The fourth-order valence-electron chi connectivity index (χ4n) is 2.57. The van der Waals surface area contributed by atoms with Crippen molar-refractivity contribution < 1.29 is 9.21 Å². The lowest BCUT2D eigenvalue weighted by molar-refractivity contribution is 0.0930. The second-order valence-corrected chi connectivity index (χ2v) is 5.37. The number of nitrogens with one attached hydrogen (secondary N) is 2. The number of furan rings is 1. The Morgan fingerprint density at radius 2 is 1.77 bits per heavy atom. The van der Waals surface area contributed by atoms with Crippen LogP contribution in [0, 0.1) is 0 Å². The van der Waals surface area contributed by atoms with Crippen molar-refractivity contribution in [2.24, 2.45) is 0 Å². The van der Waals surface area contributed by atoms with Gasteiger partial charge in [-0.1, -0.05) is 48.1 Å². The molecule has 4 heteroatoms. The molecule has 4 nitrogen and oxygen atoms in total. The first kappa shape index (κ1) is 23.8. The molecule has 1 fully saturated rings. The number of fused-ring (bicyclic) bond motifs is 1. The van der Waals surface area contributed by atoms with Crippen molar-refractivity contribution in [1.82, 2.24) is 10.6 Å². The molecule has 1 saturated carbocycles. The predicted molar refractivity (Wildman–Crippen MR) is 112 cm³/mol. The molecule has 1 atom stereocenters. The number of carbonyl (C=O) groups excluding carboxylic acids is 1. The summed E-state index contributed by atoms with van der Waals surface area (Å²) in [5, 5.41) is 7.25. The van der Waals surface area contributed by atoms with Gasteiger partial charge in [0.1, 0.15) is 5.58 Å². The highest BCUT2D eigenvalue weighted by molar-refractivity contribution is 5.97. The average molecular weight is 361 g/mol. The molecule has 1 unspecified atom stereocenters. The summed E-state index contributed by atoms with van der Waals surface area (Å²) in [5.74, 6) is -0.0577. The van der Waals surface area contributed by atoms with Crippen molar-refractivity contribution >= 4 is 16.9 Å². The molecule has 1 aromatic carbocycles. The Bertz CT molecular complexity index is 657. The number of benzene rings is 1. The van der Waals surface area contributed by atoms with Crippen LogP contribution in [0.3, 0.4) is 0 Å². The van der Waals surface area contributed by atoms with E-state index in [2.05, 4.69) is 17.2 Å². The zero-order valence-corrected chi connectivity index (χ0v) is 17.5. The van der Waals surface area contributed by atoms with Gasteiger partial charge in [0, 0.05) is 17.0 Å². The van der Waals surface area contributed by atoms with Crippen LogP contribution in [0.5, 0.6) is 0 Å². The highest BCUT2D eigenvalue weighted by atomic mass is 16.3. The molecule has 3 rings (SSSR count). The van der Waals surface area contributed by atoms with Crippen LogP contribution in [0.4, 0.5) is 0 Å². The summed E-state index contributed by atoms with van der Waals surface area (Å²) in [6.45, 7) is 17.7. The molecule has 0 saturated heterocycles. The van der Waals surface area contributed by atoms with Crippen LogP contribution in [0.1, 0.15) is 71.7 Å². The molecule has 146 valence electrons. The largest absolute Gasteiger partial charge is 0.464 e. The maximum Gasteiger partial charge on any atom is 0.251 e. The number of hydrogen-bond acceptors (Lipinski definition) is 3. The van der Waals surface area contributed by atoms with Crippen molar-refractivity contribution in [3.63, 3.8) is 0 Å². The third-order valence-corrected chi connectivity index (χ3v) is 4.07. The second-order valence-electron chi connectivity index (χ2n) is 5.37. The van der Waals surface area contributed by atoms with E-state index in [1.165, 1.54) is 0 Å². The Labute approximate surface area is 159 Å². The summed E-state index contributed by atoms with van der Waals surface area (Å²) in [6, 6.07) is 7.38. The highest BCUT2D eigenvalue weighted by Gasteiger charge is 2.47. The van der Waals surface area contributed by atoms with E-state index in [0.29, 0.717) is 5.56 Å². The molecule has 1 aliphatic carbocycles. The molecule has 2 aromatic rings. The SMILES string of the molecule is C=CNC1(C(C)NC(=O)c2ccc3occc3c2)CC1.CC.CC.CC. The van der Waals surface area contributed by atoms with E-state index in [1.807, 2.05) is 66.7 Å². The van der Waals surface area contributed by atoms with E-state index in [-0.39, 0.29) is 17.5 Å². The molecule has 0 radical (unpaired) electrons. The first-order chi connectivity index (χ1) is 12.6. The van der Waals surface area contributed by atoms with Gasteiger partial charge < -0.3 is 15.1 Å². The number of hydrogen-bond donors (Lipinski definition) is 2. The van der Waals surface area contributed by atoms with Crippen molar-refractivity contribution in [3.05, 3.63) is 48.9 Å². The normalized spacial score (nSPS) is 14.1. The van der Waals surface area contributed by atoms with Crippen LogP contribution in [0.2, 0.25) is 0 Å². The van der Waals surface area contributed by atoms with Crippen molar-refractivity contribution in [2.75, 3.05) is 0 Å². The van der Waals surface area contributed by atoms with Gasteiger partial charge in [-0.2, -0.15) is 0 Å². The minimum Gasteiger partial charge on any atom is -0.464 e. The molecule has 26 heavy (non-hydrogen) atoms. The van der Waals surface area contributed by atoms with Gasteiger partial charge in [-0.05, 0) is 50.2 Å². The van der Waals surface area contributed by atoms with Crippen LogP contribution in [0.25, 0.3) is 11.0 Å². The highest BCUT2D eigenvalue weighted by Crippen LogP contribution is 2.38. The fourth-order valence-corrected chi connectivity index (χ4v) is 2.57. The summed E-state index contributed by atoms with van der Waals surface area (Å²) < 4.78 is 5.28. The lowest BCUT2D eigenvalue weighted by Gasteiger charge is -2.25. The molecular weight excluding hydrogens is 324 g/mol. The van der Waals surface area contributed by atoms with Gasteiger partial charge in [0.15, 0.2) is 0 Å². The van der Waals surface area contributed by atoms with Gasteiger partial charge in [0.05, 0.1) is 11.8 Å². The zero-order valence-electron chi connectivity index (χ0n) is 17.5. The predicted octanol–water partition coefficient (Wildman–Crippen LogP) is 5.90. The topological polar surface area (TPSA) is 54.3 Å². The smallest absolute Gasteiger partial charge is 0.251 e. The minimum atomic E-state index is -0.0577. The van der Waals surface area contributed by atoms with Gasteiger partial charge in [0.2, 0.25) is 0 Å². The molecule has 2 N–H and O–H groups in total. The quantitative estimate of drug-likeness (QED) is 0.698. The number of rotatable bonds is 5. The third-order valence-electron chi connectivity index (χ3n) is 4.07. The van der Waals surface area contributed by atoms with Crippen LogP contribution < -0.4 is 10.6 Å². The third kappa shape index (κ3) is 5.94. The van der Waals surface area contributed by atoms with E-state index in [0.717, 1.165) is 23.8 Å². The van der Waals surface area contributed by atoms with Crippen molar-refractivity contribution in [2.45, 2.75) is 72.9 Å². The van der Waals surface area contributed by atoms with E-state index in [1.54, 1.807) is 18.5 Å². The molecular formula is C22H36N2O2. The van der Waals surface area contributed by atoms with Gasteiger partial charge >= 0.3 is 0 Å². The molecule has 0 bridgehead atoms. The van der Waals surface area contributed by atoms with Crippen molar-refractivity contribution in [1.29, 1.82) is 0 Å². The van der Waals surface area contributed by atoms with E-state index < -0.39 is 0 Å². The summed E-state index contributed by atoms with van der Waals surface area (Å²) >= 11 is 0. The van der Waals surface area contributed by atoms with Gasteiger partial charge in [-0.3, -0.25) is 4.79 Å². The Hall–Kier alpha value is -2.23. The molecule has 1 amide bonds. The van der Waals surface area contributed by atoms with E-state index >= 15 is 0 Å². The lowest BCUT2D eigenvalue weighted by atomic mass is 10.1. The Morgan fingerprint density at radius 3 is 2.31 bits per heavy atom. The van der Waals surface area contributed by atoms with Crippen LogP contribution in [0.15, 0.2) is 47.7 Å². The van der Waals surface area contributed by atoms with Gasteiger partial charge in [-0.25, -0.2) is 0 Å². The molecule has 1 aromatic heterocycles. The van der Waals surface area contributed by atoms with E-state index in [4.69, 9.17) is 4.42 Å². The van der Waals surface area contributed by atoms with Crippen LogP contribution >= 0.6 is 0 Å².